The molecule has 6 nitrogen and oxygen atoms in total. The molecule has 0 unspecified atom stereocenters. The number of aromatic nitrogens is 2. The predicted octanol–water partition coefficient (Wildman–Crippen LogP) is 4.58. The molecule has 0 saturated carbocycles. The number of nitro benzene ring substituents is 1. The maximum atomic E-state index is 14.5. The second kappa shape index (κ2) is 7.24. The van der Waals surface area contributed by atoms with Gasteiger partial charge in [0.2, 0.25) is 0 Å². The molecule has 1 heterocycles. The second-order valence-electron chi connectivity index (χ2n) is 5.83. The Balaban J connectivity index is 2.00. The van der Waals surface area contributed by atoms with Crippen LogP contribution in [0.1, 0.15) is 0 Å². The standard InChI is InChI=1S/C20H12FN3O3S/c21-14-8-2-4-10-16(14)23-19(25)13-7-1-3-9-15(13)22-20(23)28-18-12-6-5-11-17(18)24(26)27/h1-12H. The van der Waals surface area contributed by atoms with E-state index in [0.717, 1.165) is 16.3 Å². The normalized spacial score (nSPS) is 10.9. The highest BCUT2D eigenvalue weighted by Gasteiger charge is 2.20. The lowest BCUT2D eigenvalue weighted by Crippen LogP contribution is -2.22. The van der Waals surface area contributed by atoms with Gasteiger partial charge in [0.1, 0.15) is 5.82 Å². The summed E-state index contributed by atoms with van der Waals surface area (Å²) in [7, 11) is 0. The lowest BCUT2D eigenvalue weighted by molar-refractivity contribution is -0.387. The molecule has 0 amide bonds. The Morgan fingerprint density at radius 1 is 0.964 bits per heavy atom. The third kappa shape index (κ3) is 3.14. The Hall–Kier alpha value is -3.52. The Kier molecular flexibility index (Phi) is 4.62. The van der Waals surface area contributed by atoms with Gasteiger partial charge in [-0.2, -0.15) is 0 Å². The van der Waals surface area contributed by atoms with Gasteiger partial charge in [0.15, 0.2) is 5.16 Å². The maximum absolute atomic E-state index is 14.5. The minimum Gasteiger partial charge on any atom is -0.268 e. The van der Waals surface area contributed by atoms with Crippen LogP contribution in [0, 0.1) is 15.9 Å². The summed E-state index contributed by atoms with van der Waals surface area (Å²) in [6.07, 6.45) is 0. The molecule has 0 aliphatic heterocycles. The van der Waals surface area contributed by atoms with Crippen molar-refractivity contribution in [3.05, 3.63) is 99.1 Å². The van der Waals surface area contributed by atoms with E-state index in [1.165, 1.54) is 24.3 Å². The van der Waals surface area contributed by atoms with Gasteiger partial charge in [-0.3, -0.25) is 19.5 Å². The summed E-state index contributed by atoms with van der Waals surface area (Å²) < 4.78 is 15.6. The third-order valence-corrected chi connectivity index (χ3v) is 5.12. The van der Waals surface area contributed by atoms with Gasteiger partial charge in [-0.05, 0) is 42.1 Å². The molecule has 0 saturated heterocycles. The Labute approximate surface area is 162 Å². The van der Waals surface area contributed by atoms with E-state index in [1.807, 2.05) is 0 Å². The SMILES string of the molecule is O=c1c2ccccc2nc(Sc2ccccc2[N+](=O)[O-])n1-c1ccccc1F. The molecule has 3 aromatic carbocycles. The van der Waals surface area contributed by atoms with Gasteiger partial charge >= 0.3 is 0 Å². The third-order valence-electron chi connectivity index (χ3n) is 4.10. The Morgan fingerprint density at radius 2 is 1.64 bits per heavy atom. The van der Waals surface area contributed by atoms with E-state index in [-0.39, 0.29) is 16.5 Å². The van der Waals surface area contributed by atoms with Crippen molar-refractivity contribution in [2.45, 2.75) is 10.1 Å². The van der Waals surface area contributed by atoms with Crippen LogP contribution in [-0.4, -0.2) is 14.5 Å². The fraction of sp³-hybridized carbons (Fsp3) is 0. The van der Waals surface area contributed by atoms with Crippen LogP contribution in [0.2, 0.25) is 0 Å². The zero-order valence-electron chi connectivity index (χ0n) is 14.3. The van der Waals surface area contributed by atoms with Crippen LogP contribution >= 0.6 is 11.8 Å². The molecule has 0 aliphatic carbocycles. The number of hydrogen-bond acceptors (Lipinski definition) is 5. The summed E-state index contributed by atoms with van der Waals surface area (Å²) in [5, 5.41) is 11.8. The highest BCUT2D eigenvalue weighted by molar-refractivity contribution is 7.99. The number of benzene rings is 3. The molecule has 0 bridgehead atoms. The molecular weight excluding hydrogens is 381 g/mol. The first-order chi connectivity index (χ1) is 13.6. The molecule has 0 fully saturated rings. The summed E-state index contributed by atoms with van der Waals surface area (Å²) in [6, 6.07) is 18.7. The molecule has 0 aliphatic rings. The lowest BCUT2D eigenvalue weighted by atomic mass is 10.2. The van der Waals surface area contributed by atoms with Crippen LogP contribution in [-0.2, 0) is 0 Å². The summed E-state index contributed by atoms with van der Waals surface area (Å²) >= 11 is 0.945. The molecule has 0 N–H and O–H groups in total. The monoisotopic (exact) mass is 393 g/mol. The number of nitro groups is 1. The van der Waals surface area contributed by atoms with Crippen LogP contribution in [0.3, 0.4) is 0 Å². The highest BCUT2D eigenvalue weighted by Crippen LogP contribution is 2.34. The average Bonchev–Trinajstić information content (AvgIpc) is 2.69. The first-order valence-corrected chi connectivity index (χ1v) is 9.06. The van der Waals surface area contributed by atoms with Gasteiger partial charge in [-0.25, -0.2) is 9.37 Å². The van der Waals surface area contributed by atoms with Gasteiger partial charge in [-0.15, -0.1) is 0 Å². The highest BCUT2D eigenvalue weighted by atomic mass is 32.2. The Bertz CT molecular complexity index is 1270. The zero-order chi connectivity index (χ0) is 19.7. The molecule has 4 rings (SSSR count). The summed E-state index contributed by atoms with van der Waals surface area (Å²) in [6.45, 7) is 0. The molecule has 4 aromatic rings. The van der Waals surface area contributed by atoms with Crippen molar-refractivity contribution in [3.63, 3.8) is 0 Å². The van der Waals surface area contributed by atoms with E-state index < -0.39 is 16.3 Å². The lowest BCUT2D eigenvalue weighted by Gasteiger charge is -2.13. The van der Waals surface area contributed by atoms with Gasteiger partial charge < -0.3 is 0 Å². The molecule has 1 aromatic heterocycles. The summed E-state index contributed by atoms with van der Waals surface area (Å²) in [5.41, 5.74) is -0.0974. The number of rotatable bonds is 4. The van der Waals surface area contributed by atoms with Crippen molar-refractivity contribution in [2.24, 2.45) is 0 Å². The van der Waals surface area contributed by atoms with Crippen LogP contribution < -0.4 is 5.56 Å². The smallest absolute Gasteiger partial charge is 0.268 e. The molecule has 0 spiro atoms. The van der Waals surface area contributed by atoms with Crippen molar-refractivity contribution in [3.8, 4) is 5.69 Å². The zero-order valence-corrected chi connectivity index (χ0v) is 15.1. The van der Waals surface area contributed by atoms with Crippen LogP contribution in [0.25, 0.3) is 16.6 Å². The number of hydrogen-bond donors (Lipinski definition) is 0. The topological polar surface area (TPSA) is 78.0 Å². The molecule has 138 valence electrons. The van der Waals surface area contributed by atoms with Gasteiger partial charge in [-0.1, -0.05) is 36.4 Å². The van der Waals surface area contributed by atoms with Crippen molar-refractivity contribution in [2.75, 3.05) is 0 Å². The van der Waals surface area contributed by atoms with Crippen molar-refractivity contribution in [1.29, 1.82) is 0 Å². The van der Waals surface area contributed by atoms with Crippen molar-refractivity contribution in [1.82, 2.24) is 9.55 Å². The van der Waals surface area contributed by atoms with E-state index in [2.05, 4.69) is 4.98 Å². The molecule has 0 radical (unpaired) electrons. The fourth-order valence-electron chi connectivity index (χ4n) is 2.82. The van der Waals surface area contributed by atoms with E-state index >= 15 is 0 Å². The maximum Gasteiger partial charge on any atom is 0.283 e. The largest absolute Gasteiger partial charge is 0.283 e. The van der Waals surface area contributed by atoms with E-state index in [1.54, 1.807) is 48.5 Å². The number of para-hydroxylation sites is 3. The first-order valence-electron chi connectivity index (χ1n) is 8.24. The summed E-state index contributed by atoms with van der Waals surface area (Å²) in [5.74, 6) is -0.592. The van der Waals surface area contributed by atoms with Gasteiger partial charge in [0.25, 0.3) is 11.2 Å². The Morgan fingerprint density at radius 3 is 2.43 bits per heavy atom. The number of halogens is 1. The fourth-order valence-corrected chi connectivity index (χ4v) is 3.83. The second-order valence-corrected chi connectivity index (χ2v) is 6.84. The van der Waals surface area contributed by atoms with Crippen LogP contribution in [0.5, 0.6) is 0 Å². The number of nitrogens with zero attached hydrogens (tertiary/aromatic N) is 3. The van der Waals surface area contributed by atoms with E-state index in [9.17, 15) is 19.3 Å². The summed E-state index contributed by atoms with van der Waals surface area (Å²) in [4.78, 5) is 28.7. The van der Waals surface area contributed by atoms with Gasteiger partial charge in [0.05, 0.1) is 26.4 Å². The van der Waals surface area contributed by atoms with E-state index in [0.29, 0.717) is 15.8 Å². The predicted molar refractivity (Wildman–Crippen MR) is 105 cm³/mol. The first kappa shape index (κ1) is 17.9. The molecule has 8 heteroatoms. The van der Waals surface area contributed by atoms with Crippen LogP contribution in [0.4, 0.5) is 10.1 Å². The minimum absolute atomic E-state index is 0.0341. The van der Waals surface area contributed by atoms with Crippen LogP contribution in [0.15, 0.2) is 87.6 Å². The number of fused-ring (bicyclic) bond motifs is 1. The molecule has 0 atom stereocenters. The van der Waals surface area contributed by atoms with Gasteiger partial charge in [0, 0.05) is 6.07 Å². The quantitative estimate of drug-likeness (QED) is 0.288. The minimum atomic E-state index is -0.592. The van der Waals surface area contributed by atoms with Crippen molar-refractivity contribution < 1.29 is 9.31 Å². The molecular formula is C20H12FN3O3S. The van der Waals surface area contributed by atoms with E-state index in [4.69, 9.17) is 0 Å². The molecule has 28 heavy (non-hydrogen) atoms. The average molecular weight is 393 g/mol. The van der Waals surface area contributed by atoms with Crippen molar-refractivity contribution >= 4 is 28.4 Å².